The van der Waals surface area contributed by atoms with E-state index in [-0.39, 0.29) is 5.56 Å². The Labute approximate surface area is 131 Å². The Balaban J connectivity index is 1.82. The number of fused-ring (bicyclic) bond motifs is 1. The van der Waals surface area contributed by atoms with Crippen molar-refractivity contribution < 1.29 is 0 Å². The Bertz CT molecular complexity index is 718. The summed E-state index contributed by atoms with van der Waals surface area (Å²) in [6, 6.07) is 3.84. The van der Waals surface area contributed by atoms with Crippen LogP contribution in [0, 0.1) is 0 Å². The fourth-order valence-corrected chi connectivity index (χ4v) is 3.04. The van der Waals surface area contributed by atoms with E-state index in [1.807, 2.05) is 18.4 Å². The van der Waals surface area contributed by atoms with Gasteiger partial charge in [-0.15, -0.1) is 0 Å². The van der Waals surface area contributed by atoms with Gasteiger partial charge in [-0.25, -0.2) is 9.97 Å². The predicted octanol–water partition coefficient (Wildman–Crippen LogP) is 2.10. The highest BCUT2D eigenvalue weighted by Crippen LogP contribution is 2.20. The topological polar surface area (TPSA) is 61.9 Å². The highest BCUT2D eigenvalue weighted by molar-refractivity contribution is 7.98. The third kappa shape index (κ3) is 3.12. The van der Waals surface area contributed by atoms with E-state index in [2.05, 4.69) is 19.9 Å². The quantitative estimate of drug-likeness (QED) is 0.532. The average Bonchev–Trinajstić information content (AvgIpc) is 2.50. The van der Waals surface area contributed by atoms with Crippen molar-refractivity contribution in [3.63, 3.8) is 0 Å². The molecule has 21 heavy (non-hydrogen) atoms. The molecule has 2 aromatic heterocycles. The van der Waals surface area contributed by atoms with E-state index in [9.17, 15) is 4.79 Å². The number of nitrogens with one attached hydrogen (secondary N) is 1. The van der Waals surface area contributed by atoms with Gasteiger partial charge < -0.3 is 4.98 Å². The van der Waals surface area contributed by atoms with Gasteiger partial charge in [-0.05, 0) is 12.3 Å². The fourth-order valence-electron chi connectivity index (χ4n) is 2.47. The van der Waals surface area contributed by atoms with Crippen molar-refractivity contribution in [3.05, 3.63) is 50.7 Å². The molecule has 0 aromatic carbocycles. The van der Waals surface area contributed by atoms with Crippen molar-refractivity contribution in [1.29, 1.82) is 0 Å². The largest absolute Gasteiger partial charge is 0.301 e. The normalized spacial score (nSPS) is 15.0. The molecule has 0 saturated carbocycles. The number of aromatic amines is 1. The van der Waals surface area contributed by atoms with Crippen molar-refractivity contribution in [3.8, 4) is 0 Å². The number of thioether (sulfide) groups is 1. The number of aromatic nitrogens is 3. The third-order valence-electron chi connectivity index (χ3n) is 3.55. The molecule has 0 fully saturated rings. The number of pyridine rings is 1. The maximum atomic E-state index is 12.1. The van der Waals surface area contributed by atoms with Crippen LogP contribution >= 0.6 is 23.4 Å². The summed E-state index contributed by atoms with van der Waals surface area (Å²) in [5.41, 5.74) is 2.62. The van der Waals surface area contributed by atoms with Crippen molar-refractivity contribution in [1.82, 2.24) is 19.9 Å². The molecule has 0 radical (unpaired) electrons. The van der Waals surface area contributed by atoms with Crippen molar-refractivity contribution in [2.75, 3.05) is 12.8 Å². The molecule has 110 valence electrons. The fraction of sp³-hybridized carbons (Fsp3) is 0.357. The van der Waals surface area contributed by atoms with E-state index in [4.69, 9.17) is 11.6 Å². The summed E-state index contributed by atoms with van der Waals surface area (Å²) >= 11 is 7.55. The Hall–Kier alpha value is -1.37. The van der Waals surface area contributed by atoms with E-state index in [1.54, 1.807) is 6.20 Å². The SMILES string of the molecule is CSc1nc2c(c(=O)[nH]1)CN(Cc1cccnc1Cl)CC2. The van der Waals surface area contributed by atoms with Gasteiger partial charge in [0, 0.05) is 37.8 Å². The standard InChI is InChI=1S/C14H15ClN4OS/c1-21-14-17-11-4-6-19(8-10(11)13(20)18-14)7-9-3-2-5-16-12(9)15/h2-3,5H,4,6-8H2,1H3,(H,17,18,20). The van der Waals surface area contributed by atoms with Crippen molar-refractivity contribution in [2.24, 2.45) is 0 Å². The minimum atomic E-state index is -0.0358. The van der Waals surface area contributed by atoms with E-state index in [0.717, 1.165) is 29.8 Å². The first-order valence-electron chi connectivity index (χ1n) is 6.65. The van der Waals surface area contributed by atoms with Gasteiger partial charge in [-0.2, -0.15) is 0 Å². The second-order valence-corrected chi connectivity index (χ2v) is 6.07. The van der Waals surface area contributed by atoms with Crippen molar-refractivity contribution >= 4 is 23.4 Å². The summed E-state index contributed by atoms with van der Waals surface area (Å²) in [5, 5.41) is 1.20. The molecule has 3 heterocycles. The molecule has 3 rings (SSSR count). The average molecular weight is 323 g/mol. The van der Waals surface area contributed by atoms with Crippen LogP contribution in [0.4, 0.5) is 0 Å². The lowest BCUT2D eigenvalue weighted by molar-refractivity contribution is 0.240. The van der Waals surface area contributed by atoms with Crippen LogP contribution < -0.4 is 5.56 Å². The summed E-state index contributed by atoms with van der Waals surface area (Å²) in [6.45, 7) is 2.15. The molecule has 0 unspecified atom stereocenters. The monoisotopic (exact) mass is 322 g/mol. The number of nitrogens with zero attached hydrogens (tertiary/aromatic N) is 3. The van der Waals surface area contributed by atoms with Gasteiger partial charge in [-0.3, -0.25) is 9.69 Å². The molecule has 1 aliphatic heterocycles. The van der Waals surface area contributed by atoms with Gasteiger partial charge in [0.2, 0.25) is 0 Å². The molecule has 5 nitrogen and oxygen atoms in total. The molecular formula is C14H15ClN4OS. The van der Waals surface area contributed by atoms with Crippen LogP contribution in [0.5, 0.6) is 0 Å². The molecule has 0 atom stereocenters. The Morgan fingerprint density at radius 3 is 3.14 bits per heavy atom. The predicted molar refractivity (Wildman–Crippen MR) is 83.7 cm³/mol. The van der Waals surface area contributed by atoms with Gasteiger partial charge in [0.15, 0.2) is 5.16 Å². The van der Waals surface area contributed by atoms with E-state index >= 15 is 0 Å². The zero-order valence-corrected chi connectivity index (χ0v) is 13.2. The minimum Gasteiger partial charge on any atom is -0.301 e. The first-order chi connectivity index (χ1) is 10.2. The smallest absolute Gasteiger partial charge is 0.256 e. The number of halogens is 1. The maximum absolute atomic E-state index is 12.1. The van der Waals surface area contributed by atoms with Crippen LogP contribution in [-0.4, -0.2) is 32.7 Å². The first-order valence-corrected chi connectivity index (χ1v) is 8.25. The molecule has 7 heteroatoms. The molecule has 0 bridgehead atoms. The van der Waals surface area contributed by atoms with Crippen LogP contribution in [0.1, 0.15) is 16.8 Å². The summed E-state index contributed by atoms with van der Waals surface area (Å²) < 4.78 is 0. The summed E-state index contributed by atoms with van der Waals surface area (Å²) in [5.74, 6) is 0. The Kier molecular flexibility index (Phi) is 4.28. The third-order valence-corrected chi connectivity index (χ3v) is 4.47. The van der Waals surface area contributed by atoms with Crippen LogP contribution in [0.2, 0.25) is 5.15 Å². The van der Waals surface area contributed by atoms with Crippen LogP contribution in [0.15, 0.2) is 28.3 Å². The second kappa shape index (κ2) is 6.17. The van der Waals surface area contributed by atoms with E-state index in [0.29, 0.717) is 23.4 Å². The number of hydrogen-bond acceptors (Lipinski definition) is 5. The van der Waals surface area contributed by atoms with E-state index < -0.39 is 0 Å². The Morgan fingerprint density at radius 1 is 1.52 bits per heavy atom. The maximum Gasteiger partial charge on any atom is 0.256 e. The Morgan fingerprint density at radius 2 is 2.38 bits per heavy atom. The van der Waals surface area contributed by atoms with Gasteiger partial charge in [-0.1, -0.05) is 29.4 Å². The van der Waals surface area contributed by atoms with Gasteiger partial charge in [0.25, 0.3) is 5.56 Å². The lowest BCUT2D eigenvalue weighted by Crippen LogP contribution is -2.35. The highest BCUT2D eigenvalue weighted by Gasteiger charge is 2.21. The highest BCUT2D eigenvalue weighted by atomic mass is 35.5. The molecule has 0 saturated heterocycles. The molecule has 0 amide bonds. The molecule has 1 aliphatic rings. The molecule has 2 aromatic rings. The summed E-state index contributed by atoms with van der Waals surface area (Å²) in [6.07, 6.45) is 4.37. The lowest BCUT2D eigenvalue weighted by atomic mass is 10.1. The van der Waals surface area contributed by atoms with Crippen LogP contribution in [-0.2, 0) is 19.5 Å². The minimum absolute atomic E-state index is 0.0358. The van der Waals surface area contributed by atoms with Crippen LogP contribution in [0.3, 0.4) is 0 Å². The van der Waals surface area contributed by atoms with Crippen LogP contribution in [0.25, 0.3) is 0 Å². The van der Waals surface area contributed by atoms with E-state index in [1.165, 1.54) is 11.8 Å². The van der Waals surface area contributed by atoms with Gasteiger partial charge >= 0.3 is 0 Å². The summed E-state index contributed by atoms with van der Waals surface area (Å²) in [4.78, 5) is 25.7. The van der Waals surface area contributed by atoms with Crippen molar-refractivity contribution in [2.45, 2.75) is 24.7 Å². The zero-order chi connectivity index (χ0) is 14.8. The first kappa shape index (κ1) is 14.6. The molecule has 0 spiro atoms. The number of H-pyrrole nitrogens is 1. The second-order valence-electron chi connectivity index (χ2n) is 4.91. The lowest BCUT2D eigenvalue weighted by Gasteiger charge is -2.27. The molecule has 0 aliphatic carbocycles. The number of rotatable bonds is 3. The molecule has 1 N–H and O–H groups in total. The van der Waals surface area contributed by atoms with Gasteiger partial charge in [0.1, 0.15) is 5.15 Å². The molecular weight excluding hydrogens is 308 g/mol. The van der Waals surface area contributed by atoms with Gasteiger partial charge in [0.05, 0.1) is 11.3 Å². The zero-order valence-electron chi connectivity index (χ0n) is 11.6. The summed E-state index contributed by atoms with van der Waals surface area (Å²) in [7, 11) is 0. The number of hydrogen-bond donors (Lipinski definition) is 1.